The third-order valence-electron chi connectivity index (χ3n) is 3.41. The minimum Gasteiger partial charge on any atom is -0.380 e. The maximum atomic E-state index is 11.4. The molecule has 0 radical (unpaired) electrons. The number of anilines is 1. The lowest BCUT2D eigenvalue weighted by Gasteiger charge is -2.25. The van der Waals surface area contributed by atoms with E-state index in [0.29, 0.717) is 12.8 Å². The van der Waals surface area contributed by atoms with Crippen LogP contribution in [0.25, 0.3) is 5.69 Å². The molecule has 1 aliphatic rings. The Balaban J connectivity index is 1.79. The molecule has 8 heteroatoms. The van der Waals surface area contributed by atoms with Gasteiger partial charge in [0.2, 0.25) is 0 Å². The summed E-state index contributed by atoms with van der Waals surface area (Å²) in [7, 11) is -2.84. The number of nitrogens with zero attached hydrogens (tertiary/aromatic N) is 4. The van der Waals surface area contributed by atoms with Crippen molar-refractivity contribution in [3.8, 4) is 5.69 Å². The van der Waals surface area contributed by atoms with Crippen molar-refractivity contribution < 1.29 is 8.42 Å². The van der Waals surface area contributed by atoms with Gasteiger partial charge in [0.1, 0.15) is 16.2 Å². The monoisotopic (exact) mass is 293 g/mol. The lowest BCUT2D eigenvalue weighted by molar-refractivity contribution is 0.559. The van der Waals surface area contributed by atoms with Gasteiger partial charge in [0.05, 0.1) is 22.9 Å². The minimum atomic E-state index is -2.84. The minimum absolute atomic E-state index is 0.163. The zero-order valence-corrected chi connectivity index (χ0v) is 11.6. The molecule has 1 aromatic carbocycles. The summed E-state index contributed by atoms with van der Waals surface area (Å²) >= 11 is 0. The standard InChI is InChI=1S/C12H15N5O2S/c18-20(19)7-5-10(6-8-20)14-11-3-1-2-4-12(11)17-9-13-15-16-17/h1-4,9-10,14H,5-8H2. The van der Waals surface area contributed by atoms with Gasteiger partial charge in [0, 0.05) is 6.04 Å². The Labute approximate surface area is 116 Å². The molecule has 2 aromatic rings. The number of hydrogen-bond donors (Lipinski definition) is 1. The van der Waals surface area contributed by atoms with Gasteiger partial charge in [-0.1, -0.05) is 12.1 Å². The van der Waals surface area contributed by atoms with E-state index in [4.69, 9.17) is 0 Å². The Morgan fingerprint density at radius 3 is 2.65 bits per heavy atom. The van der Waals surface area contributed by atoms with Crippen molar-refractivity contribution in [1.82, 2.24) is 20.2 Å². The summed E-state index contributed by atoms with van der Waals surface area (Å²) in [5, 5.41) is 14.5. The maximum absolute atomic E-state index is 11.4. The molecule has 2 heterocycles. The van der Waals surface area contributed by atoms with Crippen LogP contribution in [0.1, 0.15) is 12.8 Å². The van der Waals surface area contributed by atoms with Gasteiger partial charge in [-0.2, -0.15) is 4.68 Å². The van der Waals surface area contributed by atoms with Crippen LogP contribution in [0.2, 0.25) is 0 Å². The smallest absolute Gasteiger partial charge is 0.150 e. The highest BCUT2D eigenvalue weighted by Crippen LogP contribution is 2.23. The van der Waals surface area contributed by atoms with Gasteiger partial charge >= 0.3 is 0 Å². The van der Waals surface area contributed by atoms with Crippen LogP contribution in [0.15, 0.2) is 30.6 Å². The number of para-hydroxylation sites is 2. The SMILES string of the molecule is O=S1(=O)CCC(Nc2ccccc2-n2cnnn2)CC1. The maximum Gasteiger partial charge on any atom is 0.150 e. The molecule has 0 aliphatic carbocycles. The van der Waals surface area contributed by atoms with Gasteiger partial charge < -0.3 is 5.32 Å². The van der Waals surface area contributed by atoms with Crippen LogP contribution in [0.5, 0.6) is 0 Å². The molecule has 0 atom stereocenters. The molecule has 0 saturated carbocycles. The fraction of sp³-hybridized carbons (Fsp3) is 0.417. The fourth-order valence-corrected chi connectivity index (χ4v) is 3.81. The molecule has 0 spiro atoms. The summed E-state index contributed by atoms with van der Waals surface area (Å²) in [5.74, 6) is 0.495. The second-order valence-electron chi connectivity index (χ2n) is 4.84. The van der Waals surface area contributed by atoms with Crippen LogP contribution in [-0.4, -0.2) is 46.2 Å². The first-order chi connectivity index (χ1) is 9.64. The second-order valence-corrected chi connectivity index (χ2v) is 7.15. The second kappa shape index (κ2) is 5.20. The molecule has 3 rings (SSSR count). The van der Waals surface area contributed by atoms with Crippen molar-refractivity contribution in [3.63, 3.8) is 0 Å². The van der Waals surface area contributed by atoms with Crippen LogP contribution >= 0.6 is 0 Å². The van der Waals surface area contributed by atoms with Crippen LogP contribution in [0.3, 0.4) is 0 Å². The van der Waals surface area contributed by atoms with Crippen LogP contribution in [-0.2, 0) is 9.84 Å². The number of hydrogen-bond acceptors (Lipinski definition) is 6. The molecule has 7 nitrogen and oxygen atoms in total. The summed E-state index contributed by atoms with van der Waals surface area (Å²) in [6, 6.07) is 7.86. The molecule has 106 valence electrons. The van der Waals surface area contributed by atoms with Crippen molar-refractivity contribution in [2.24, 2.45) is 0 Å². The quantitative estimate of drug-likeness (QED) is 0.893. The van der Waals surface area contributed by atoms with Gasteiger partial charge in [0.15, 0.2) is 0 Å². The molecule has 1 N–H and O–H groups in total. The van der Waals surface area contributed by atoms with Crippen molar-refractivity contribution in [3.05, 3.63) is 30.6 Å². The number of aromatic nitrogens is 4. The molecule has 0 bridgehead atoms. The van der Waals surface area contributed by atoms with Gasteiger partial charge in [-0.3, -0.25) is 0 Å². The fourth-order valence-electron chi connectivity index (χ4n) is 2.32. The molecule has 20 heavy (non-hydrogen) atoms. The number of nitrogens with one attached hydrogen (secondary N) is 1. The van der Waals surface area contributed by atoms with E-state index in [1.54, 1.807) is 4.68 Å². The topological polar surface area (TPSA) is 89.8 Å². The summed E-state index contributed by atoms with van der Waals surface area (Å²) in [6.07, 6.45) is 2.80. The number of rotatable bonds is 3. The molecule has 1 saturated heterocycles. The Hall–Kier alpha value is -1.96. The van der Waals surface area contributed by atoms with E-state index in [-0.39, 0.29) is 17.5 Å². The number of tetrazole rings is 1. The first-order valence-electron chi connectivity index (χ1n) is 6.43. The Morgan fingerprint density at radius 2 is 1.95 bits per heavy atom. The zero-order chi connectivity index (χ0) is 14.0. The Kier molecular flexibility index (Phi) is 3.39. The van der Waals surface area contributed by atoms with Gasteiger partial charge in [-0.25, -0.2) is 8.42 Å². The van der Waals surface area contributed by atoms with E-state index in [2.05, 4.69) is 20.8 Å². The first-order valence-corrected chi connectivity index (χ1v) is 8.25. The van der Waals surface area contributed by atoms with Crippen molar-refractivity contribution in [1.29, 1.82) is 0 Å². The van der Waals surface area contributed by atoms with Crippen LogP contribution in [0, 0.1) is 0 Å². The highest BCUT2D eigenvalue weighted by atomic mass is 32.2. The summed E-state index contributed by atoms with van der Waals surface area (Å²) in [5.41, 5.74) is 1.76. The molecular formula is C12H15N5O2S. The third kappa shape index (κ3) is 2.79. The summed E-state index contributed by atoms with van der Waals surface area (Å²) in [4.78, 5) is 0. The molecule has 0 unspecified atom stereocenters. The Morgan fingerprint density at radius 1 is 1.20 bits per heavy atom. The van der Waals surface area contributed by atoms with E-state index in [1.165, 1.54) is 6.33 Å². The molecule has 1 aliphatic heterocycles. The first kappa shape index (κ1) is 13.0. The van der Waals surface area contributed by atoms with E-state index >= 15 is 0 Å². The van der Waals surface area contributed by atoms with E-state index < -0.39 is 9.84 Å². The zero-order valence-electron chi connectivity index (χ0n) is 10.8. The average molecular weight is 293 g/mol. The van der Waals surface area contributed by atoms with Gasteiger partial charge in [0.25, 0.3) is 0 Å². The van der Waals surface area contributed by atoms with Crippen LogP contribution in [0.4, 0.5) is 5.69 Å². The van der Waals surface area contributed by atoms with Crippen molar-refractivity contribution in [2.45, 2.75) is 18.9 Å². The van der Waals surface area contributed by atoms with Crippen LogP contribution < -0.4 is 5.32 Å². The van der Waals surface area contributed by atoms with E-state index in [0.717, 1.165) is 11.4 Å². The predicted octanol–water partition coefficient (Wildman–Crippen LogP) is 0.651. The van der Waals surface area contributed by atoms with Gasteiger partial charge in [-0.15, -0.1) is 5.10 Å². The highest BCUT2D eigenvalue weighted by Gasteiger charge is 2.24. The normalized spacial score (nSPS) is 18.8. The highest BCUT2D eigenvalue weighted by molar-refractivity contribution is 7.91. The lowest BCUT2D eigenvalue weighted by Crippen LogP contribution is -2.32. The molecule has 0 amide bonds. The third-order valence-corrected chi connectivity index (χ3v) is 5.13. The number of benzene rings is 1. The lowest BCUT2D eigenvalue weighted by atomic mass is 10.1. The van der Waals surface area contributed by atoms with Crippen molar-refractivity contribution >= 4 is 15.5 Å². The van der Waals surface area contributed by atoms with Crippen molar-refractivity contribution in [2.75, 3.05) is 16.8 Å². The number of sulfone groups is 1. The molecular weight excluding hydrogens is 278 g/mol. The predicted molar refractivity (Wildman–Crippen MR) is 74.5 cm³/mol. The summed E-state index contributed by atoms with van der Waals surface area (Å²) < 4.78 is 24.5. The Bertz CT molecular complexity index is 670. The molecule has 1 fully saturated rings. The summed E-state index contributed by atoms with van der Waals surface area (Å²) in [6.45, 7) is 0. The largest absolute Gasteiger partial charge is 0.380 e. The average Bonchev–Trinajstić information content (AvgIpc) is 2.96. The van der Waals surface area contributed by atoms with E-state index in [1.807, 2.05) is 24.3 Å². The van der Waals surface area contributed by atoms with E-state index in [9.17, 15) is 8.42 Å². The van der Waals surface area contributed by atoms with Gasteiger partial charge in [-0.05, 0) is 35.4 Å². The molecule has 1 aromatic heterocycles.